The van der Waals surface area contributed by atoms with E-state index in [0.717, 1.165) is 17.7 Å². The van der Waals surface area contributed by atoms with Gasteiger partial charge in [-0.2, -0.15) is 0 Å². The van der Waals surface area contributed by atoms with Crippen LogP contribution in [0, 0.1) is 5.92 Å². The number of benzene rings is 1. The number of hydrogen-bond acceptors (Lipinski definition) is 3. The van der Waals surface area contributed by atoms with Crippen LogP contribution in [0.4, 0.5) is 0 Å². The number of ether oxygens (including phenoxy) is 2. The fourth-order valence-corrected chi connectivity index (χ4v) is 1.83. The molecule has 1 rings (SSSR count). The molecule has 0 saturated carbocycles. The molecule has 0 aliphatic heterocycles. The molecule has 1 unspecified atom stereocenters. The Bertz CT molecular complexity index is 382. The van der Waals surface area contributed by atoms with Gasteiger partial charge in [0.05, 0.1) is 13.7 Å². The van der Waals surface area contributed by atoms with Crippen molar-refractivity contribution in [2.45, 2.75) is 26.8 Å². The van der Waals surface area contributed by atoms with E-state index in [1.807, 2.05) is 13.1 Å². The number of halogens is 1. The van der Waals surface area contributed by atoms with Gasteiger partial charge in [0, 0.05) is 23.2 Å². The first-order valence-electron chi connectivity index (χ1n) is 6.26. The van der Waals surface area contributed by atoms with Gasteiger partial charge in [0.15, 0.2) is 11.5 Å². The maximum absolute atomic E-state index is 6.06. The van der Waals surface area contributed by atoms with Gasteiger partial charge in [0.25, 0.3) is 0 Å². The van der Waals surface area contributed by atoms with Crippen LogP contribution < -0.4 is 14.8 Å². The van der Waals surface area contributed by atoms with Gasteiger partial charge in [-0.05, 0) is 19.0 Å². The van der Waals surface area contributed by atoms with E-state index in [-0.39, 0.29) is 0 Å². The molecule has 0 aliphatic carbocycles. The minimum absolute atomic E-state index is 0.521. The lowest BCUT2D eigenvalue weighted by atomic mass is 10.1. The van der Waals surface area contributed by atoms with Crippen LogP contribution in [0.3, 0.4) is 0 Å². The number of rotatable bonds is 7. The summed E-state index contributed by atoms with van der Waals surface area (Å²) in [6, 6.07) is 3.69. The van der Waals surface area contributed by atoms with Gasteiger partial charge in [-0.1, -0.05) is 31.9 Å². The van der Waals surface area contributed by atoms with Crippen LogP contribution in [0.5, 0.6) is 11.5 Å². The highest BCUT2D eigenvalue weighted by Crippen LogP contribution is 2.35. The van der Waals surface area contributed by atoms with E-state index in [1.165, 1.54) is 0 Å². The molecule has 4 heteroatoms. The van der Waals surface area contributed by atoms with Crippen LogP contribution in [0.15, 0.2) is 12.1 Å². The Morgan fingerprint density at radius 1 is 1.39 bits per heavy atom. The zero-order chi connectivity index (χ0) is 13.5. The van der Waals surface area contributed by atoms with Crippen molar-refractivity contribution in [3.05, 3.63) is 22.7 Å². The zero-order valence-electron chi connectivity index (χ0n) is 11.5. The third-order valence-electron chi connectivity index (χ3n) is 2.89. The summed E-state index contributed by atoms with van der Waals surface area (Å²) < 4.78 is 11.2. The number of hydrogen-bond donors (Lipinski definition) is 1. The summed E-state index contributed by atoms with van der Waals surface area (Å²) in [5, 5.41) is 3.77. The third-order valence-corrected chi connectivity index (χ3v) is 3.11. The molecule has 102 valence electrons. The Balaban J connectivity index is 2.97. The number of methoxy groups -OCH3 is 1. The van der Waals surface area contributed by atoms with Crippen LogP contribution in [-0.4, -0.2) is 20.8 Å². The van der Waals surface area contributed by atoms with Crippen molar-refractivity contribution in [1.82, 2.24) is 5.32 Å². The molecule has 1 aromatic carbocycles. The standard InChI is InChI=1S/C14H22ClNO2/c1-5-10(2)9-18-14-11(8-16-3)6-12(15)7-13(14)17-4/h6-7,10,16H,5,8-9H2,1-4H3. The molecule has 0 heterocycles. The highest BCUT2D eigenvalue weighted by Gasteiger charge is 2.13. The van der Waals surface area contributed by atoms with Crippen molar-refractivity contribution in [1.29, 1.82) is 0 Å². The van der Waals surface area contributed by atoms with Crippen molar-refractivity contribution in [3.8, 4) is 11.5 Å². The number of nitrogens with one attached hydrogen (secondary N) is 1. The Labute approximate surface area is 114 Å². The molecule has 1 N–H and O–H groups in total. The van der Waals surface area contributed by atoms with Crippen LogP contribution in [0.1, 0.15) is 25.8 Å². The minimum atomic E-state index is 0.521. The summed E-state index contributed by atoms with van der Waals surface area (Å²) in [5.74, 6) is 2.00. The second kappa shape index (κ2) is 7.49. The molecule has 0 fully saturated rings. The van der Waals surface area contributed by atoms with E-state index < -0.39 is 0 Å². The van der Waals surface area contributed by atoms with Crippen molar-refractivity contribution in [3.63, 3.8) is 0 Å². The van der Waals surface area contributed by atoms with Gasteiger partial charge < -0.3 is 14.8 Å². The Hall–Kier alpha value is -0.930. The summed E-state index contributed by atoms with van der Waals surface area (Å²) in [6.07, 6.45) is 1.09. The van der Waals surface area contributed by atoms with Gasteiger partial charge >= 0.3 is 0 Å². The average molecular weight is 272 g/mol. The third kappa shape index (κ3) is 4.07. The highest BCUT2D eigenvalue weighted by atomic mass is 35.5. The van der Waals surface area contributed by atoms with Gasteiger partial charge in [0.1, 0.15) is 0 Å². The van der Waals surface area contributed by atoms with Crippen molar-refractivity contribution >= 4 is 11.6 Å². The Kier molecular flexibility index (Phi) is 6.30. The second-order valence-corrected chi connectivity index (χ2v) is 4.89. The second-order valence-electron chi connectivity index (χ2n) is 4.45. The van der Waals surface area contributed by atoms with E-state index in [1.54, 1.807) is 13.2 Å². The van der Waals surface area contributed by atoms with Gasteiger partial charge in [-0.3, -0.25) is 0 Å². The first kappa shape index (κ1) is 15.1. The predicted molar refractivity (Wildman–Crippen MR) is 75.7 cm³/mol. The van der Waals surface area contributed by atoms with Crippen LogP contribution in [-0.2, 0) is 6.54 Å². The van der Waals surface area contributed by atoms with Crippen LogP contribution in [0.2, 0.25) is 5.02 Å². The van der Waals surface area contributed by atoms with Gasteiger partial charge in [0.2, 0.25) is 0 Å². The Morgan fingerprint density at radius 3 is 2.67 bits per heavy atom. The molecular formula is C14H22ClNO2. The fourth-order valence-electron chi connectivity index (χ4n) is 1.60. The summed E-state index contributed by atoms with van der Waals surface area (Å²) >= 11 is 6.06. The average Bonchev–Trinajstić information content (AvgIpc) is 2.36. The van der Waals surface area contributed by atoms with Crippen molar-refractivity contribution in [2.24, 2.45) is 5.92 Å². The quantitative estimate of drug-likeness (QED) is 0.823. The molecule has 0 bridgehead atoms. The lowest BCUT2D eigenvalue weighted by molar-refractivity contribution is 0.242. The smallest absolute Gasteiger partial charge is 0.165 e. The van der Waals surface area contributed by atoms with Crippen molar-refractivity contribution < 1.29 is 9.47 Å². The summed E-state index contributed by atoms with van der Waals surface area (Å²) in [5.41, 5.74) is 1.02. The molecule has 3 nitrogen and oxygen atoms in total. The van der Waals surface area contributed by atoms with E-state index in [9.17, 15) is 0 Å². The predicted octanol–water partition coefficient (Wildman–Crippen LogP) is 3.49. The normalized spacial score (nSPS) is 12.3. The van der Waals surface area contributed by atoms with E-state index in [2.05, 4.69) is 19.2 Å². The maximum Gasteiger partial charge on any atom is 0.165 e. The summed E-state index contributed by atoms with van der Waals surface area (Å²) in [7, 11) is 3.52. The lowest BCUT2D eigenvalue weighted by Gasteiger charge is -2.17. The molecule has 18 heavy (non-hydrogen) atoms. The molecule has 0 saturated heterocycles. The van der Waals surface area contributed by atoms with Crippen LogP contribution >= 0.6 is 11.6 Å². The summed E-state index contributed by atoms with van der Waals surface area (Å²) in [4.78, 5) is 0. The molecule has 0 amide bonds. The lowest BCUT2D eigenvalue weighted by Crippen LogP contribution is -2.12. The van der Waals surface area contributed by atoms with Crippen LogP contribution in [0.25, 0.3) is 0 Å². The monoisotopic (exact) mass is 271 g/mol. The molecule has 1 atom stereocenters. The van der Waals surface area contributed by atoms with Gasteiger partial charge in [-0.15, -0.1) is 0 Å². The topological polar surface area (TPSA) is 30.5 Å². The molecule has 0 radical (unpaired) electrons. The molecule has 1 aromatic rings. The molecule has 0 spiro atoms. The van der Waals surface area contributed by atoms with Crippen molar-refractivity contribution in [2.75, 3.05) is 20.8 Å². The van der Waals surface area contributed by atoms with E-state index in [0.29, 0.717) is 29.8 Å². The summed E-state index contributed by atoms with van der Waals surface area (Å²) in [6.45, 7) is 5.71. The largest absolute Gasteiger partial charge is 0.493 e. The SMILES string of the molecule is CCC(C)COc1c(CNC)cc(Cl)cc1OC. The zero-order valence-corrected chi connectivity index (χ0v) is 12.3. The first-order valence-corrected chi connectivity index (χ1v) is 6.63. The highest BCUT2D eigenvalue weighted by molar-refractivity contribution is 6.30. The van der Waals surface area contributed by atoms with E-state index >= 15 is 0 Å². The maximum atomic E-state index is 6.06. The fraction of sp³-hybridized carbons (Fsp3) is 0.571. The molecular weight excluding hydrogens is 250 g/mol. The molecule has 0 aromatic heterocycles. The first-order chi connectivity index (χ1) is 8.62. The van der Waals surface area contributed by atoms with Gasteiger partial charge in [-0.25, -0.2) is 0 Å². The minimum Gasteiger partial charge on any atom is -0.493 e. The van der Waals surface area contributed by atoms with E-state index in [4.69, 9.17) is 21.1 Å². The Morgan fingerprint density at radius 2 is 2.11 bits per heavy atom. The molecule has 0 aliphatic rings.